The Balaban J connectivity index is 2.44. The number of esters is 1. The molecule has 20 heavy (non-hydrogen) atoms. The molecule has 0 spiro atoms. The lowest BCUT2D eigenvalue weighted by Crippen LogP contribution is -2.15. The highest BCUT2D eigenvalue weighted by Crippen LogP contribution is 2.24. The molecule has 0 amide bonds. The number of imidazole rings is 1. The van der Waals surface area contributed by atoms with E-state index in [0.29, 0.717) is 18.1 Å². The molecule has 0 fully saturated rings. The van der Waals surface area contributed by atoms with Crippen LogP contribution in [0.3, 0.4) is 0 Å². The van der Waals surface area contributed by atoms with Crippen molar-refractivity contribution < 1.29 is 9.53 Å². The maximum atomic E-state index is 11.8. The van der Waals surface area contributed by atoms with Crippen LogP contribution in [0.1, 0.15) is 49.0 Å². The minimum Gasteiger partial charge on any atom is -0.461 e. The summed E-state index contributed by atoms with van der Waals surface area (Å²) in [5.74, 6) is 0.860. The van der Waals surface area contributed by atoms with Crippen molar-refractivity contribution in [2.24, 2.45) is 0 Å². The van der Waals surface area contributed by atoms with Crippen molar-refractivity contribution in [2.45, 2.75) is 33.2 Å². The van der Waals surface area contributed by atoms with Crippen LogP contribution in [-0.4, -0.2) is 42.8 Å². The van der Waals surface area contributed by atoms with Gasteiger partial charge in [0.1, 0.15) is 11.6 Å². The molecule has 0 aliphatic rings. The molecule has 108 valence electrons. The summed E-state index contributed by atoms with van der Waals surface area (Å²) in [4.78, 5) is 16.1. The summed E-state index contributed by atoms with van der Waals surface area (Å²) in [6.07, 6.45) is 0.617. The summed E-state index contributed by atoms with van der Waals surface area (Å²) < 4.78 is 6.67. The smallest absolute Gasteiger partial charge is 0.360 e. The second kappa shape index (κ2) is 5.68. The predicted octanol–water partition coefficient (Wildman–Crippen LogP) is 0.327. The first-order valence-electron chi connectivity index (χ1n) is 6.37. The average Bonchev–Trinajstić information content (AvgIpc) is 3.05. The van der Waals surface area contributed by atoms with E-state index in [-0.39, 0.29) is 24.2 Å². The topological polar surface area (TPSA) is 125 Å². The Hall–Kier alpha value is -2.45. The molecule has 0 aliphatic heterocycles. The molecular weight excluding hydrogens is 262 g/mol. The molecule has 2 aromatic rings. The number of tetrazole rings is 1. The van der Waals surface area contributed by atoms with E-state index in [4.69, 9.17) is 10.5 Å². The molecule has 9 heteroatoms. The molecule has 2 heterocycles. The van der Waals surface area contributed by atoms with E-state index in [1.165, 1.54) is 0 Å². The third-order valence-electron chi connectivity index (χ3n) is 2.93. The van der Waals surface area contributed by atoms with Crippen LogP contribution in [-0.2, 0) is 11.2 Å². The number of aryl methyl sites for hydroxylation is 1. The van der Waals surface area contributed by atoms with Crippen molar-refractivity contribution in [3.63, 3.8) is 0 Å². The second-order valence-corrected chi connectivity index (χ2v) is 4.15. The summed E-state index contributed by atoms with van der Waals surface area (Å²) in [5, 5.41) is 13.8. The number of nitrogen functional groups attached to an aromatic ring is 1. The van der Waals surface area contributed by atoms with Crippen LogP contribution in [0.2, 0.25) is 0 Å². The molecule has 0 saturated carbocycles. The fourth-order valence-electron chi connectivity index (χ4n) is 1.99. The lowest BCUT2D eigenvalue weighted by atomic mass is 10.3. The van der Waals surface area contributed by atoms with Crippen molar-refractivity contribution in [1.29, 1.82) is 0 Å². The van der Waals surface area contributed by atoms with E-state index < -0.39 is 5.97 Å². The zero-order chi connectivity index (χ0) is 14.7. The highest BCUT2D eigenvalue weighted by Gasteiger charge is 2.25. The predicted molar refractivity (Wildman–Crippen MR) is 70.0 cm³/mol. The first-order valence-corrected chi connectivity index (χ1v) is 6.37. The first kappa shape index (κ1) is 14.0. The molecule has 2 aromatic heterocycles. The highest BCUT2D eigenvalue weighted by molar-refractivity contribution is 5.92. The standard InChI is InChI=1S/C11H17N7O2/c1-4-7-13-8(11(19)20-5-2)9(12)18(7)6(3)10-14-16-17-15-10/h6H,4-5,12H2,1-3H3,(H,14,15,16,17). The monoisotopic (exact) mass is 279 g/mol. The number of nitrogens with one attached hydrogen (secondary N) is 1. The zero-order valence-electron chi connectivity index (χ0n) is 11.6. The number of hydrogen-bond acceptors (Lipinski definition) is 7. The van der Waals surface area contributed by atoms with Crippen LogP contribution in [0.4, 0.5) is 5.82 Å². The maximum Gasteiger partial charge on any atom is 0.360 e. The molecule has 0 saturated heterocycles. The van der Waals surface area contributed by atoms with E-state index in [9.17, 15) is 4.79 Å². The molecule has 0 radical (unpaired) electrons. The SMILES string of the molecule is CCOC(=O)c1nc(CC)n(C(C)c2nn[nH]n2)c1N. The number of ether oxygens (including phenoxy) is 1. The van der Waals surface area contributed by atoms with Crippen LogP contribution >= 0.6 is 0 Å². The second-order valence-electron chi connectivity index (χ2n) is 4.15. The van der Waals surface area contributed by atoms with Crippen LogP contribution in [0, 0.1) is 0 Å². The van der Waals surface area contributed by atoms with Gasteiger partial charge in [-0.3, -0.25) is 0 Å². The summed E-state index contributed by atoms with van der Waals surface area (Å²) in [5.41, 5.74) is 6.16. The fraction of sp³-hybridized carbons (Fsp3) is 0.545. The maximum absolute atomic E-state index is 11.8. The van der Waals surface area contributed by atoms with Crippen LogP contribution < -0.4 is 5.73 Å². The molecule has 9 nitrogen and oxygen atoms in total. The van der Waals surface area contributed by atoms with Crippen molar-refractivity contribution >= 4 is 11.8 Å². The number of carbonyl (C=O) groups is 1. The largest absolute Gasteiger partial charge is 0.461 e. The van der Waals surface area contributed by atoms with Gasteiger partial charge in [-0.2, -0.15) is 5.21 Å². The fourth-order valence-corrected chi connectivity index (χ4v) is 1.99. The van der Waals surface area contributed by atoms with Gasteiger partial charge in [0.25, 0.3) is 0 Å². The van der Waals surface area contributed by atoms with Crippen molar-refractivity contribution in [2.75, 3.05) is 12.3 Å². The number of aromatic nitrogens is 6. The summed E-state index contributed by atoms with van der Waals surface area (Å²) in [6.45, 7) is 5.79. The van der Waals surface area contributed by atoms with Crippen LogP contribution in [0.5, 0.6) is 0 Å². The number of aromatic amines is 1. The molecular formula is C11H17N7O2. The molecule has 1 atom stereocenters. The van der Waals surface area contributed by atoms with Gasteiger partial charge in [0.2, 0.25) is 0 Å². The Bertz CT molecular complexity index is 590. The van der Waals surface area contributed by atoms with Gasteiger partial charge < -0.3 is 15.0 Å². The van der Waals surface area contributed by atoms with Crippen molar-refractivity contribution in [1.82, 2.24) is 30.2 Å². The van der Waals surface area contributed by atoms with Gasteiger partial charge in [0.15, 0.2) is 11.5 Å². The molecule has 0 bridgehead atoms. The summed E-state index contributed by atoms with van der Waals surface area (Å²) >= 11 is 0. The lowest BCUT2D eigenvalue weighted by Gasteiger charge is -2.14. The minimum absolute atomic E-state index is 0.124. The number of carbonyl (C=O) groups excluding carboxylic acids is 1. The molecule has 3 N–H and O–H groups in total. The van der Waals surface area contributed by atoms with E-state index in [1.54, 1.807) is 11.5 Å². The lowest BCUT2D eigenvalue weighted by molar-refractivity contribution is 0.0521. The minimum atomic E-state index is -0.529. The molecule has 2 rings (SSSR count). The van der Waals surface area contributed by atoms with Gasteiger partial charge in [0.05, 0.1) is 12.6 Å². The number of anilines is 1. The Morgan fingerprint density at radius 3 is 2.80 bits per heavy atom. The van der Waals surface area contributed by atoms with E-state index in [0.717, 1.165) is 0 Å². The summed E-state index contributed by atoms with van der Waals surface area (Å²) in [7, 11) is 0. The van der Waals surface area contributed by atoms with Crippen molar-refractivity contribution in [3.8, 4) is 0 Å². The number of H-pyrrole nitrogens is 1. The average molecular weight is 279 g/mol. The van der Waals surface area contributed by atoms with E-state index in [1.807, 2.05) is 13.8 Å². The number of rotatable bonds is 5. The Labute approximate surface area is 115 Å². The normalized spacial score (nSPS) is 12.3. The molecule has 0 aromatic carbocycles. The number of hydrogen-bond donors (Lipinski definition) is 2. The van der Waals surface area contributed by atoms with Gasteiger partial charge in [-0.1, -0.05) is 12.1 Å². The third kappa shape index (κ3) is 2.33. The van der Waals surface area contributed by atoms with Crippen molar-refractivity contribution in [3.05, 3.63) is 17.3 Å². The van der Waals surface area contributed by atoms with E-state index >= 15 is 0 Å². The van der Waals surface area contributed by atoms with Gasteiger partial charge in [-0.05, 0) is 13.8 Å². The Kier molecular flexibility index (Phi) is 3.97. The third-order valence-corrected chi connectivity index (χ3v) is 2.93. The number of nitrogens with two attached hydrogens (primary N) is 1. The van der Waals surface area contributed by atoms with Gasteiger partial charge in [-0.25, -0.2) is 9.78 Å². The zero-order valence-corrected chi connectivity index (χ0v) is 11.6. The number of nitrogens with zero attached hydrogens (tertiary/aromatic N) is 5. The summed E-state index contributed by atoms with van der Waals surface area (Å²) in [6, 6.07) is -0.278. The highest BCUT2D eigenvalue weighted by atomic mass is 16.5. The molecule has 0 aliphatic carbocycles. The Morgan fingerprint density at radius 1 is 1.50 bits per heavy atom. The first-order chi connectivity index (χ1) is 9.60. The van der Waals surface area contributed by atoms with E-state index in [2.05, 4.69) is 25.6 Å². The van der Waals surface area contributed by atoms with Gasteiger partial charge in [0, 0.05) is 6.42 Å². The molecule has 1 unspecified atom stereocenters. The van der Waals surface area contributed by atoms with Gasteiger partial charge in [-0.15, -0.1) is 10.2 Å². The van der Waals surface area contributed by atoms with Crippen LogP contribution in [0.15, 0.2) is 0 Å². The quantitative estimate of drug-likeness (QED) is 0.755. The van der Waals surface area contributed by atoms with Crippen LogP contribution in [0.25, 0.3) is 0 Å². The van der Waals surface area contributed by atoms with Gasteiger partial charge >= 0.3 is 5.97 Å². The Morgan fingerprint density at radius 2 is 2.25 bits per heavy atom.